The zero-order valence-corrected chi connectivity index (χ0v) is 16.8. The molecule has 27 heavy (non-hydrogen) atoms. The van der Waals surface area contributed by atoms with Crippen LogP contribution in [0, 0.1) is 11.8 Å². The molecule has 0 aliphatic heterocycles. The quantitative estimate of drug-likeness (QED) is 0.751. The Morgan fingerprint density at radius 1 is 1.00 bits per heavy atom. The third-order valence-electron chi connectivity index (χ3n) is 5.44. The molecule has 1 saturated carbocycles. The maximum Gasteiger partial charge on any atom is 0.147 e. The number of rotatable bonds is 4. The molecule has 1 aliphatic carbocycles. The van der Waals surface area contributed by atoms with Crippen LogP contribution in [-0.4, -0.2) is 22.5 Å². The molecule has 0 spiro atoms. The number of ketones is 3. The first-order valence-corrected chi connectivity index (χ1v) is 9.62. The van der Waals surface area contributed by atoms with Crippen molar-refractivity contribution in [3.05, 3.63) is 70.2 Å². The molecule has 1 N–H and O–H groups in total. The van der Waals surface area contributed by atoms with E-state index >= 15 is 0 Å². The molecule has 5 heteroatoms. The summed E-state index contributed by atoms with van der Waals surface area (Å²) < 4.78 is 0.706. The van der Waals surface area contributed by atoms with E-state index in [-0.39, 0.29) is 23.8 Å². The number of benzene rings is 2. The molecule has 4 atom stereocenters. The van der Waals surface area contributed by atoms with Gasteiger partial charge in [0.25, 0.3) is 0 Å². The SMILES string of the molecule is CC(=O)C1C(=O)CC(O)(c2ccccc2)C(C(C)=O)C1c1ccccc1Br. The average Bonchev–Trinajstić information content (AvgIpc) is 2.61. The second-order valence-corrected chi connectivity index (χ2v) is 8.01. The van der Waals surface area contributed by atoms with Gasteiger partial charge in [-0.15, -0.1) is 0 Å². The van der Waals surface area contributed by atoms with Crippen molar-refractivity contribution in [2.45, 2.75) is 31.8 Å². The summed E-state index contributed by atoms with van der Waals surface area (Å²) in [4.78, 5) is 38.1. The average molecular weight is 429 g/mol. The normalized spacial score (nSPS) is 28.0. The molecule has 4 unspecified atom stereocenters. The van der Waals surface area contributed by atoms with E-state index in [1.807, 2.05) is 18.2 Å². The van der Waals surface area contributed by atoms with Gasteiger partial charge >= 0.3 is 0 Å². The lowest BCUT2D eigenvalue weighted by atomic mass is 9.57. The highest BCUT2D eigenvalue weighted by Crippen LogP contribution is 2.52. The van der Waals surface area contributed by atoms with Crippen LogP contribution in [0.5, 0.6) is 0 Å². The number of carbonyl (C=O) groups is 3. The monoisotopic (exact) mass is 428 g/mol. The molecule has 4 nitrogen and oxygen atoms in total. The minimum atomic E-state index is -1.66. The molecule has 0 radical (unpaired) electrons. The predicted molar refractivity (Wildman–Crippen MR) is 105 cm³/mol. The summed E-state index contributed by atoms with van der Waals surface area (Å²) in [5.74, 6) is -3.48. The first kappa shape index (κ1) is 19.6. The van der Waals surface area contributed by atoms with Gasteiger partial charge in [-0.3, -0.25) is 14.4 Å². The third kappa shape index (κ3) is 3.42. The van der Waals surface area contributed by atoms with E-state index < -0.39 is 23.4 Å². The topological polar surface area (TPSA) is 71.4 Å². The van der Waals surface area contributed by atoms with Gasteiger partial charge in [0.05, 0.1) is 11.8 Å². The van der Waals surface area contributed by atoms with Crippen molar-refractivity contribution in [3.63, 3.8) is 0 Å². The van der Waals surface area contributed by atoms with E-state index in [0.717, 1.165) is 0 Å². The van der Waals surface area contributed by atoms with E-state index in [1.54, 1.807) is 36.4 Å². The summed E-state index contributed by atoms with van der Waals surface area (Å²) in [6.45, 7) is 2.78. The van der Waals surface area contributed by atoms with Crippen LogP contribution in [0.25, 0.3) is 0 Å². The van der Waals surface area contributed by atoms with Gasteiger partial charge in [-0.1, -0.05) is 64.5 Å². The number of halogens is 1. The zero-order valence-electron chi connectivity index (χ0n) is 15.2. The third-order valence-corrected chi connectivity index (χ3v) is 6.16. The zero-order chi connectivity index (χ0) is 19.8. The minimum absolute atomic E-state index is 0.249. The van der Waals surface area contributed by atoms with Gasteiger partial charge in [-0.25, -0.2) is 0 Å². The second kappa shape index (κ2) is 7.49. The lowest BCUT2D eigenvalue weighted by molar-refractivity contribution is -0.155. The number of hydrogen-bond donors (Lipinski definition) is 1. The fourth-order valence-corrected chi connectivity index (χ4v) is 4.91. The molecule has 1 fully saturated rings. The number of hydrogen-bond acceptors (Lipinski definition) is 4. The second-order valence-electron chi connectivity index (χ2n) is 7.16. The lowest BCUT2D eigenvalue weighted by Crippen LogP contribution is -2.53. The van der Waals surface area contributed by atoms with Crippen LogP contribution in [0.3, 0.4) is 0 Å². The maximum absolute atomic E-state index is 13.0. The Labute approximate surface area is 166 Å². The van der Waals surface area contributed by atoms with Crippen LogP contribution in [0.4, 0.5) is 0 Å². The smallest absolute Gasteiger partial charge is 0.147 e. The molecule has 2 aromatic carbocycles. The summed E-state index contributed by atoms with van der Waals surface area (Å²) in [7, 11) is 0. The molecule has 0 saturated heterocycles. The predicted octanol–water partition coefficient (Wildman–Crippen LogP) is 3.80. The molecule has 0 heterocycles. The fourth-order valence-electron chi connectivity index (χ4n) is 4.36. The highest BCUT2D eigenvalue weighted by Gasteiger charge is 2.56. The molecule has 0 amide bonds. The first-order valence-electron chi connectivity index (χ1n) is 8.83. The lowest BCUT2D eigenvalue weighted by Gasteiger charge is -2.46. The van der Waals surface area contributed by atoms with Crippen molar-refractivity contribution in [3.8, 4) is 0 Å². The highest BCUT2D eigenvalue weighted by atomic mass is 79.9. The van der Waals surface area contributed by atoms with Crippen LogP contribution < -0.4 is 0 Å². The van der Waals surface area contributed by atoms with Gasteiger partial charge < -0.3 is 5.11 Å². The molecular weight excluding hydrogens is 408 g/mol. The van der Waals surface area contributed by atoms with Gasteiger partial charge in [-0.2, -0.15) is 0 Å². The highest BCUT2D eigenvalue weighted by molar-refractivity contribution is 9.10. The van der Waals surface area contributed by atoms with Crippen molar-refractivity contribution < 1.29 is 19.5 Å². The molecule has 0 aromatic heterocycles. The van der Waals surface area contributed by atoms with E-state index in [9.17, 15) is 19.5 Å². The van der Waals surface area contributed by atoms with Crippen LogP contribution in [0.2, 0.25) is 0 Å². The molecule has 1 aliphatic rings. The van der Waals surface area contributed by atoms with Gasteiger partial charge in [-0.05, 0) is 31.0 Å². The van der Waals surface area contributed by atoms with Crippen molar-refractivity contribution in [1.29, 1.82) is 0 Å². The number of Topliss-reactive ketones (excluding diaryl/α,β-unsaturated/α-hetero) is 3. The van der Waals surface area contributed by atoms with Gasteiger partial charge in [0.15, 0.2) is 0 Å². The van der Waals surface area contributed by atoms with E-state index in [0.29, 0.717) is 15.6 Å². The summed E-state index contributed by atoms with van der Waals surface area (Å²) in [6, 6.07) is 16.0. The van der Waals surface area contributed by atoms with E-state index in [4.69, 9.17) is 0 Å². The Morgan fingerprint density at radius 2 is 1.59 bits per heavy atom. The Bertz CT molecular complexity index is 892. The van der Waals surface area contributed by atoms with Gasteiger partial charge in [0.1, 0.15) is 23.0 Å². The van der Waals surface area contributed by atoms with E-state index in [2.05, 4.69) is 15.9 Å². The Kier molecular flexibility index (Phi) is 5.45. The Balaban J connectivity index is 2.27. The minimum Gasteiger partial charge on any atom is -0.384 e. The molecule has 140 valence electrons. The number of aliphatic hydroxyl groups is 1. The fraction of sp³-hybridized carbons (Fsp3) is 0.318. The molecule has 2 aromatic rings. The summed E-state index contributed by atoms with van der Waals surface area (Å²) in [5, 5.41) is 11.6. The Hall–Kier alpha value is -2.11. The van der Waals surface area contributed by atoms with Crippen molar-refractivity contribution in [2.75, 3.05) is 0 Å². The van der Waals surface area contributed by atoms with Crippen LogP contribution in [0.1, 0.15) is 37.3 Å². The van der Waals surface area contributed by atoms with E-state index in [1.165, 1.54) is 13.8 Å². The van der Waals surface area contributed by atoms with Crippen LogP contribution in [-0.2, 0) is 20.0 Å². The molecule has 3 rings (SSSR count). The maximum atomic E-state index is 13.0. The largest absolute Gasteiger partial charge is 0.384 e. The molecular formula is C22H21BrO4. The summed E-state index contributed by atoms with van der Waals surface area (Å²) in [5.41, 5.74) is -0.464. The summed E-state index contributed by atoms with van der Waals surface area (Å²) >= 11 is 3.48. The standard InChI is InChI=1S/C22H21BrO4/c1-13(24)19-18(26)12-22(27,15-8-4-3-5-9-15)21(14(2)25)20(19)16-10-6-7-11-17(16)23/h3-11,19-21,27H,12H2,1-2H3. The van der Waals surface area contributed by atoms with Crippen molar-refractivity contribution in [1.82, 2.24) is 0 Å². The van der Waals surface area contributed by atoms with Crippen molar-refractivity contribution in [2.24, 2.45) is 11.8 Å². The van der Waals surface area contributed by atoms with Gasteiger partial charge in [0, 0.05) is 16.8 Å². The number of carbonyl (C=O) groups excluding carboxylic acids is 3. The first-order chi connectivity index (χ1) is 12.8. The van der Waals surface area contributed by atoms with Crippen molar-refractivity contribution >= 4 is 33.3 Å². The molecule has 0 bridgehead atoms. The van der Waals surface area contributed by atoms with Gasteiger partial charge in [0.2, 0.25) is 0 Å². The van der Waals surface area contributed by atoms with Crippen LogP contribution in [0.15, 0.2) is 59.1 Å². The Morgan fingerprint density at radius 3 is 2.15 bits per heavy atom. The summed E-state index contributed by atoms with van der Waals surface area (Å²) in [6.07, 6.45) is -0.257. The van der Waals surface area contributed by atoms with Crippen LogP contribution >= 0.6 is 15.9 Å².